The average Bonchev–Trinajstić information content (AvgIpc) is 2.90. The van der Waals surface area contributed by atoms with Crippen molar-refractivity contribution >= 4 is 22.4 Å². The third kappa shape index (κ3) is 3.71. The summed E-state index contributed by atoms with van der Waals surface area (Å²) in [4.78, 5) is 17.2. The lowest BCUT2D eigenvalue weighted by atomic mass is 10.0. The molecule has 0 spiro atoms. The number of aryl methyl sites for hydroxylation is 1. The second kappa shape index (κ2) is 7.19. The number of rotatable bonds is 5. The van der Waals surface area contributed by atoms with E-state index >= 15 is 0 Å². The molecule has 0 aliphatic heterocycles. The van der Waals surface area contributed by atoms with Crippen LogP contribution in [0.2, 0.25) is 0 Å². The van der Waals surface area contributed by atoms with Gasteiger partial charge in [-0.3, -0.25) is 4.79 Å². The highest BCUT2D eigenvalue weighted by atomic mass is 32.1. The number of thiazole rings is 1. The Balaban J connectivity index is 2.28. The second-order valence-electron chi connectivity index (χ2n) is 5.30. The van der Waals surface area contributed by atoms with Crippen LogP contribution in [0.15, 0.2) is 24.3 Å². The summed E-state index contributed by atoms with van der Waals surface area (Å²) in [6, 6.07) is 10.2. The topological polar surface area (TPSA) is 65.8 Å². The molecule has 5 heteroatoms. The Morgan fingerprint density at radius 1 is 1.36 bits per heavy atom. The molecule has 4 nitrogen and oxygen atoms in total. The van der Waals surface area contributed by atoms with Crippen LogP contribution in [0.25, 0.3) is 11.3 Å². The highest BCUT2D eigenvalue weighted by molar-refractivity contribution is 7.16. The van der Waals surface area contributed by atoms with Crippen LogP contribution in [-0.2, 0) is 11.2 Å². The zero-order valence-electron chi connectivity index (χ0n) is 13.0. The molecule has 0 aliphatic rings. The summed E-state index contributed by atoms with van der Waals surface area (Å²) >= 11 is 1.47. The Kier molecular flexibility index (Phi) is 5.29. The third-order valence-corrected chi connectivity index (χ3v) is 4.47. The summed E-state index contributed by atoms with van der Waals surface area (Å²) in [7, 11) is 0. The fraction of sp³-hybridized carbons (Fsp3) is 0.353. The van der Waals surface area contributed by atoms with Crippen LogP contribution in [0, 0.1) is 11.3 Å². The Hall–Kier alpha value is -2.19. The minimum absolute atomic E-state index is 0.153. The zero-order chi connectivity index (χ0) is 16.1. The summed E-state index contributed by atoms with van der Waals surface area (Å²) in [5.41, 5.74) is 3.26. The fourth-order valence-corrected chi connectivity index (χ4v) is 3.07. The van der Waals surface area contributed by atoms with Crippen molar-refractivity contribution in [3.63, 3.8) is 0 Å². The van der Waals surface area contributed by atoms with Gasteiger partial charge in [-0.1, -0.05) is 45.0 Å². The van der Waals surface area contributed by atoms with Gasteiger partial charge in [-0.15, -0.1) is 11.3 Å². The van der Waals surface area contributed by atoms with Crippen molar-refractivity contribution in [3.05, 3.63) is 34.7 Å². The monoisotopic (exact) mass is 313 g/mol. The smallest absolute Gasteiger partial charge is 0.240 e. The summed E-state index contributed by atoms with van der Waals surface area (Å²) in [6.45, 7) is 6.40. The molecule has 22 heavy (non-hydrogen) atoms. The van der Waals surface area contributed by atoms with Gasteiger partial charge in [-0.05, 0) is 17.9 Å². The van der Waals surface area contributed by atoms with E-state index in [2.05, 4.69) is 55.3 Å². The van der Waals surface area contributed by atoms with E-state index < -0.39 is 0 Å². The van der Waals surface area contributed by atoms with E-state index in [-0.39, 0.29) is 12.3 Å². The lowest BCUT2D eigenvalue weighted by Crippen LogP contribution is -2.09. The first-order valence-corrected chi connectivity index (χ1v) is 8.13. The first kappa shape index (κ1) is 16.2. The maximum absolute atomic E-state index is 11.5. The zero-order valence-corrected chi connectivity index (χ0v) is 13.8. The molecule has 0 saturated carbocycles. The van der Waals surface area contributed by atoms with Gasteiger partial charge in [0.25, 0.3) is 0 Å². The van der Waals surface area contributed by atoms with Crippen LogP contribution >= 0.6 is 11.3 Å². The minimum atomic E-state index is -0.319. The number of nitriles is 1. The molecule has 114 valence electrons. The minimum Gasteiger partial charge on any atom is -0.301 e. The fourth-order valence-electron chi connectivity index (χ4n) is 2.13. The van der Waals surface area contributed by atoms with Crippen LogP contribution in [0.4, 0.5) is 5.13 Å². The molecule has 2 aromatic rings. The van der Waals surface area contributed by atoms with E-state index in [1.165, 1.54) is 16.9 Å². The number of carbonyl (C=O) groups excluding carboxylic acids is 1. The van der Waals surface area contributed by atoms with Crippen LogP contribution in [0.5, 0.6) is 0 Å². The van der Waals surface area contributed by atoms with Gasteiger partial charge in [0.15, 0.2) is 5.13 Å². The summed E-state index contributed by atoms with van der Waals surface area (Å²) < 4.78 is 0. The predicted octanol–water partition coefficient (Wildman–Crippen LogP) is 4.35. The van der Waals surface area contributed by atoms with Gasteiger partial charge in [0.05, 0.1) is 11.8 Å². The van der Waals surface area contributed by atoms with Crippen LogP contribution < -0.4 is 5.32 Å². The van der Waals surface area contributed by atoms with Gasteiger partial charge in [0, 0.05) is 10.4 Å². The Morgan fingerprint density at radius 3 is 2.59 bits per heavy atom. The largest absolute Gasteiger partial charge is 0.301 e. The van der Waals surface area contributed by atoms with Crippen molar-refractivity contribution in [1.82, 2.24) is 4.98 Å². The van der Waals surface area contributed by atoms with Gasteiger partial charge >= 0.3 is 0 Å². The second-order valence-corrected chi connectivity index (χ2v) is 6.39. The molecule has 1 amide bonds. The van der Waals surface area contributed by atoms with E-state index in [0.29, 0.717) is 11.0 Å². The average molecular weight is 313 g/mol. The van der Waals surface area contributed by atoms with Crippen molar-refractivity contribution < 1.29 is 4.79 Å². The van der Waals surface area contributed by atoms with Gasteiger partial charge in [0.1, 0.15) is 6.42 Å². The molecule has 0 atom stereocenters. The van der Waals surface area contributed by atoms with Crippen molar-refractivity contribution in [2.24, 2.45) is 0 Å². The standard InChI is InChI=1S/C17H19N3OS/c1-4-14-16(13-7-5-12(6-8-13)11(2)3)20-17(22-14)19-15(21)9-10-18/h5-8,11H,4,9H2,1-3H3,(H,19,20,21). The highest BCUT2D eigenvalue weighted by Gasteiger charge is 2.14. The van der Waals surface area contributed by atoms with E-state index in [9.17, 15) is 4.79 Å². The Bertz CT molecular complexity index is 696. The molecule has 0 radical (unpaired) electrons. The molecule has 0 bridgehead atoms. The molecule has 1 heterocycles. The molecule has 0 unspecified atom stereocenters. The molecule has 1 N–H and O–H groups in total. The molecule has 0 saturated heterocycles. The van der Waals surface area contributed by atoms with Crippen LogP contribution in [0.3, 0.4) is 0 Å². The highest BCUT2D eigenvalue weighted by Crippen LogP contribution is 2.32. The summed E-state index contributed by atoms with van der Waals surface area (Å²) in [5.74, 6) is 0.177. The number of nitrogens with one attached hydrogen (secondary N) is 1. The quantitative estimate of drug-likeness (QED) is 0.892. The molecule has 0 aliphatic carbocycles. The van der Waals surface area contributed by atoms with Crippen LogP contribution in [-0.4, -0.2) is 10.9 Å². The number of nitrogens with zero attached hydrogens (tertiary/aromatic N) is 2. The molecule has 1 aromatic heterocycles. The van der Waals surface area contributed by atoms with Gasteiger partial charge in [0.2, 0.25) is 5.91 Å². The molecular formula is C17H19N3OS. The molecule has 1 aromatic carbocycles. The first-order chi connectivity index (χ1) is 10.5. The number of hydrogen-bond acceptors (Lipinski definition) is 4. The number of benzene rings is 1. The van der Waals surface area contributed by atoms with Crippen molar-refractivity contribution in [3.8, 4) is 17.3 Å². The maximum Gasteiger partial charge on any atom is 0.240 e. The van der Waals surface area contributed by atoms with E-state index in [4.69, 9.17) is 5.26 Å². The van der Waals surface area contributed by atoms with Gasteiger partial charge in [-0.25, -0.2) is 4.98 Å². The number of amides is 1. The lowest BCUT2D eigenvalue weighted by Gasteiger charge is -2.06. The van der Waals surface area contributed by atoms with Crippen molar-refractivity contribution in [1.29, 1.82) is 5.26 Å². The van der Waals surface area contributed by atoms with Crippen LogP contribution in [0.1, 0.15) is 43.6 Å². The van der Waals surface area contributed by atoms with Crippen molar-refractivity contribution in [2.45, 2.75) is 39.5 Å². The predicted molar refractivity (Wildman–Crippen MR) is 89.9 cm³/mol. The molecular weight excluding hydrogens is 294 g/mol. The van der Waals surface area contributed by atoms with E-state index in [1.807, 2.05) is 6.07 Å². The molecule has 2 rings (SSSR count). The number of hydrogen-bond donors (Lipinski definition) is 1. The SMILES string of the molecule is CCc1sc(NC(=O)CC#N)nc1-c1ccc(C(C)C)cc1. The van der Waals surface area contributed by atoms with Crippen molar-refractivity contribution in [2.75, 3.05) is 5.32 Å². The number of carbonyl (C=O) groups is 1. The Morgan fingerprint density at radius 2 is 2.05 bits per heavy atom. The maximum atomic E-state index is 11.5. The molecule has 0 fully saturated rings. The normalized spacial score (nSPS) is 10.5. The first-order valence-electron chi connectivity index (χ1n) is 7.32. The van der Waals surface area contributed by atoms with Gasteiger partial charge in [-0.2, -0.15) is 5.26 Å². The van der Waals surface area contributed by atoms with Gasteiger partial charge < -0.3 is 5.32 Å². The number of anilines is 1. The Labute approximate surface area is 134 Å². The number of aromatic nitrogens is 1. The van der Waals surface area contributed by atoms with E-state index in [1.54, 1.807) is 0 Å². The third-order valence-electron chi connectivity index (χ3n) is 3.36. The van der Waals surface area contributed by atoms with E-state index in [0.717, 1.165) is 22.6 Å². The summed E-state index contributed by atoms with van der Waals surface area (Å²) in [5, 5.41) is 11.8. The summed E-state index contributed by atoms with van der Waals surface area (Å²) in [6.07, 6.45) is 0.701. The lowest BCUT2D eigenvalue weighted by molar-refractivity contribution is -0.115.